The van der Waals surface area contributed by atoms with E-state index in [2.05, 4.69) is 17.5 Å². The van der Waals surface area contributed by atoms with Crippen LogP contribution in [-0.4, -0.2) is 0 Å². The molecular weight excluding hydrogens is 184 g/mol. The molecule has 0 bridgehead atoms. The monoisotopic (exact) mass is 188 g/mol. The van der Waals surface area contributed by atoms with Crippen LogP contribution < -0.4 is 0 Å². The standard InChI is InChI=1S/C7H5ClS2/c8-4-6-3-5-1-2-9-7(5)10-6/h1-3H,4H2. The van der Waals surface area contributed by atoms with Crippen molar-refractivity contribution in [1.82, 2.24) is 0 Å². The molecule has 0 radical (unpaired) electrons. The molecule has 10 heavy (non-hydrogen) atoms. The number of alkyl halides is 1. The Hall–Kier alpha value is -0.0500. The summed E-state index contributed by atoms with van der Waals surface area (Å²) in [5.74, 6) is 0.645. The minimum absolute atomic E-state index is 0.645. The van der Waals surface area contributed by atoms with Gasteiger partial charge in [0, 0.05) is 10.3 Å². The molecule has 0 saturated heterocycles. The van der Waals surface area contributed by atoms with E-state index in [0.29, 0.717) is 5.88 Å². The molecule has 0 amide bonds. The lowest BCUT2D eigenvalue weighted by molar-refractivity contribution is 1.54. The minimum Gasteiger partial charge on any atom is -0.133 e. The first-order valence-electron chi connectivity index (χ1n) is 2.92. The van der Waals surface area contributed by atoms with Crippen LogP contribution in [0.15, 0.2) is 17.5 Å². The summed E-state index contributed by atoms with van der Waals surface area (Å²) in [5.41, 5.74) is 0. The first-order valence-corrected chi connectivity index (χ1v) is 5.15. The molecule has 0 aliphatic heterocycles. The van der Waals surface area contributed by atoms with Crippen molar-refractivity contribution in [3.05, 3.63) is 22.4 Å². The van der Waals surface area contributed by atoms with Crippen LogP contribution in [0.1, 0.15) is 4.88 Å². The molecule has 0 saturated carbocycles. The maximum Gasteiger partial charge on any atom is 0.0868 e. The van der Waals surface area contributed by atoms with E-state index >= 15 is 0 Å². The molecule has 2 heterocycles. The minimum atomic E-state index is 0.645. The van der Waals surface area contributed by atoms with Gasteiger partial charge in [0.1, 0.15) is 0 Å². The van der Waals surface area contributed by atoms with Gasteiger partial charge in [-0.15, -0.1) is 34.3 Å². The van der Waals surface area contributed by atoms with Gasteiger partial charge in [-0.2, -0.15) is 0 Å². The van der Waals surface area contributed by atoms with Gasteiger partial charge in [0.15, 0.2) is 0 Å². The highest BCUT2D eigenvalue weighted by molar-refractivity contribution is 7.37. The lowest BCUT2D eigenvalue weighted by Crippen LogP contribution is -1.59. The van der Waals surface area contributed by atoms with Crippen LogP contribution in [0.3, 0.4) is 0 Å². The lowest BCUT2D eigenvalue weighted by atomic mass is 10.4. The Morgan fingerprint density at radius 3 is 3.10 bits per heavy atom. The molecule has 2 aromatic heterocycles. The molecule has 2 aromatic rings. The quantitative estimate of drug-likeness (QED) is 0.599. The Bertz CT molecular complexity index is 305. The van der Waals surface area contributed by atoms with Gasteiger partial charge in [0.05, 0.1) is 9.89 Å². The third kappa shape index (κ3) is 0.965. The summed E-state index contributed by atoms with van der Waals surface area (Å²) in [6.07, 6.45) is 0. The van der Waals surface area contributed by atoms with Crippen molar-refractivity contribution in [2.24, 2.45) is 0 Å². The molecule has 0 spiro atoms. The van der Waals surface area contributed by atoms with Crippen LogP contribution in [0.5, 0.6) is 0 Å². The Kier molecular flexibility index (Phi) is 1.68. The molecule has 3 heteroatoms. The fourth-order valence-electron chi connectivity index (χ4n) is 0.883. The SMILES string of the molecule is ClCc1cc2ccsc2s1. The van der Waals surface area contributed by atoms with Crippen molar-refractivity contribution < 1.29 is 0 Å². The van der Waals surface area contributed by atoms with Crippen LogP contribution in [0.2, 0.25) is 0 Å². The van der Waals surface area contributed by atoms with Gasteiger partial charge in [-0.3, -0.25) is 0 Å². The van der Waals surface area contributed by atoms with Crippen molar-refractivity contribution in [3.8, 4) is 0 Å². The first-order chi connectivity index (χ1) is 4.90. The van der Waals surface area contributed by atoms with Crippen LogP contribution in [0, 0.1) is 0 Å². The highest BCUT2D eigenvalue weighted by Crippen LogP contribution is 2.30. The molecule has 0 aromatic carbocycles. The molecule has 0 fully saturated rings. The third-order valence-electron chi connectivity index (χ3n) is 1.33. The number of thiophene rings is 2. The van der Waals surface area contributed by atoms with E-state index in [1.807, 2.05) is 0 Å². The molecule has 0 unspecified atom stereocenters. The number of fused-ring (bicyclic) bond motifs is 1. The summed E-state index contributed by atoms with van der Waals surface area (Å²) < 4.78 is 1.38. The summed E-state index contributed by atoms with van der Waals surface area (Å²) >= 11 is 9.24. The second-order valence-electron chi connectivity index (χ2n) is 2.01. The maximum atomic E-state index is 5.67. The van der Waals surface area contributed by atoms with E-state index in [-0.39, 0.29) is 0 Å². The number of rotatable bonds is 1. The zero-order valence-electron chi connectivity index (χ0n) is 5.13. The molecule has 0 aliphatic carbocycles. The summed E-state index contributed by atoms with van der Waals surface area (Å²) in [6, 6.07) is 4.29. The van der Waals surface area contributed by atoms with E-state index in [1.165, 1.54) is 14.3 Å². The van der Waals surface area contributed by atoms with Crippen LogP contribution >= 0.6 is 34.3 Å². The van der Waals surface area contributed by atoms with Crippen molar-refractivity contribution in [2.45, 2.75) is 5.88 Å². The molecule has 0 N–H and O–H groups in total. The molecule has 0 nitrogen and oxygen atoms in total. The fourth-order valence-corrected chi connectivity index (χ4v) is 3.13. The van der Waals surface area contributed by atoms with Gasteiger partial charge >= 0.3 is 0 Å². The van der Waals surface area contributed by atoms with Crippen LogP contribution in [-0.2, 0) is 5.88 Å². The highest BCUT2D eigenvalue weighted by atomic mass is 35.5. The second-order valence-corrected chi connectivity index (χ2v) is 4.59. The summed E-state index contributed by atoms with van der Waals surface area (Å²) in [4.78, 5) is 1.27. The normalized spacial score (nSPS) is 10.9. The number of halogens is 1. The smallest absolute Gasteiger partial charge is 0.0868 e. The highest BCUT2D eigenvalue weighted by Gasteiger charge is 1.99. The largest absolute Gasteiger partial charge is 0.133 e. The van der Waals surface area contributed by atoms with Gasteiger partial charge in [-0.25, -0.2) is 0 Å². The topological polar surface area (TPSA) is 0 Å². The zero-order valence-corrected chi connectivity index (χ0v) is 7.52. The molecule has 52 valence electrons. The van der Waals surface area contributed by atoms with Crippen molar-refractivity contribution in [2.75, 3.05) is 0 Å². The van der Waals surface area contributed by atoms with E-state index in [4.69, 9.17) is 11.6 Å². The fraction of sp³-hybridized carbons (Fsp3) is 0.143. The van der Waals surface area contributed by atoms with Gasteiger partial charge in [0.25, 0.3) is 0 Å². The van der Waals surface area contributed by atoms with E-state index in [1.54, 1.807) is 22.7 Å². The van der Waals surface area contributed by atoms with Crippen molar-refractivity contribution in [1.29, 1.82) is 0 Å². The molecule has 0 aliphatic rings. The predicted octanol–water partition coefficient (Wildman–Crippen LogP) is 3.70. The van der Waals surface area contributed by atoms with Gasteiger partial charge in [-0.05, 0) is 17.5 Å². The average Bonchev–Trinajstić information content (AvgIpc) is 2.42. The van der Waals surface area contributed by atoms with Gasteiger partial charge in [0.2, 0.25) is 0 Å². The number of hydrogen-bond donors (Lipinski definition) is 0. The molecular formula is C7H5ClS2. The molecule has 0 atom stereocenters. The predicted molar refractivity (Wildman–Crippen MR) is 49.3 cm³/mol. The zero-order chi connectivity index (χ0) is 6.97. The summed E-state index contributed by atoms with van der Waals surface area (Å²) in [6.45, 7) is 0. The number of hydrogen-bond acceptors (Lipinski definition) is 2. The summed E-state index contributed by atoms with van der Waals surface area (Å²) in [7, 11) is 0. The third-order valence-corrected chi connectivity index (χ3v) is 3.98. The van der Waals surface area contributed by atoms with Crippen LogP contribution in [0.25, 0.3) is 9.40 Å². The average molecular weight is 189 g/mol. The lowest BCUT2D eigenvalue weighted by Gasteiger charge is -1.78. The Morgan fingerprint density at radius 2 is 2.40 bits per heavy atom. The van der Waals surface area contributed by atoms with E-state index in [0.717, 1.165) is 0 Å². The van der Waals surface area contributed by atoms with E-state index in [9.17, 15) is 0 Å². The van der Waals surface area contributed by atoms with Crippen molar-refractivity contribution >= 4 is 43.7 Å². The van der Waals surface area contributed by atoms with E-state index < -0.39 is 0 Å². The van der Waals surface area contributed by atoms with Crippen LogP contribution in [0.4, 0.5) is 0 Å². The van der Waals surface area contributed by atoms with Crippen molar-refractivity contribution in [3.63, 3.8) is 0 Å². The Morgan fingerprint density at radius 1 is 1.50 bits per heavy atom. The second kappa shape index (κ2) is 2.53. The Labute approximate surface area is 72.1 Å². The van der Waals surface area contributed by atoms with Gasteiger partial charge < -0.3 is 0 Å². The van der Waals surface area contributed by atoms with Gasteiger partial charge in [-0.1, -0.05) is 0 Å². The first kappa shape index (κ1) is 6.65. The Balaban J connectivity index is 2.67. The maximum absolute atomic E-state index is 5.67. The summed E-state index contributed by atoms with van der Waals surface area (Å²) in [5, 5.41) is 3.45. The molecule has 2 rings (SSSR count).